The van der Waals surface area contributed by atoms with E-state index in [9.17, 15) is 9.59 Å². The number of carbonyl (C=O) groups is 2. The van der Waals surface area contributed by atoms with E-state index in [1.807, 2.05) is 85.8 Å². The third kappa shape index (κ3) is 4.02. The third-order valence-corrected chi connectivity index (χ3v) is 8.64. The molecule has 3 aliphatic rings. The monoisotopic (exact) mass is 531 g/mol. The summed E-state index contributed by atoms with van der Waals surface area (Å²) in [7, 11) is 1.32. The Morgan fingerprint density at radius 3 is 2.57 bits per heavy atom. The maximum absolute atomic E-state index is 14.1. The van der Waals surface area contributed by atoms with E-state index in [1.165, 1.54) is 30.6 Å². The van der Waals surface area contributed by atoms with Crippen molar-refractivity contribution in [3.05, 3.63) is 88.8 Å². The summed E-state index contributed by atoms with van der Waals surface area (Å²) in [5, 5.41) is 6.56. The summed E-state index contributed by atoms with van der Waals surface area (Å²) in [6.07, 6.45) is 1.82. The molecule has 37 heavy (non-hydrogen) atoms. The second-order valence-electron chi connectivity index (χ2n) is 8.40. The van der Waals surface area contributed by atoms with Crippen molar-refractivity contribution in [2.24, 2.45) is 5.10 Å². The van der Waals surface area contributed by atoms with Crippen LogP contribution in [0.1, 0.15) is 11.1 Å². The summed E-state index contributed by atoms with van der Waals surface area (Å²) < 4.78 is 14.8. The second-order valence-corrected chi connectivity index (χ2v) is 11.0. The lowest BCUT2D eigenvalue weighted by Gasteiger charge is -2.38. The standard InChI is InChI=1S/C27H21N3O5S2/c1-17-7-6-10-20(13-17)30-27(37-24(28-30)26(32)33-2)29(19-8-4-3-5-9-19)25(31)23(36-27)15-18-11-12-21-22(14-18)35-16-34-21/h3-15H,16H2,1-2H3/b23-15-. The molecule has 0 radical (unpaired) electrons. The molecule has 3 heterocycles. The predicted molar refractivity (Wildman–Crippen MR) is 145 cm³/mol. The molecule has 0 aromatic heterocycles. The molecule has 6 rings (SSSR count). The van der Waals surface area contributed by atoms with Crippen molar-refractivity contribution in [2.75, 3.05) is 23.8 Å². The first-order valence-electron chi connectivity index (χ1n) is 11.4. The number of rotatable bonds is 4. The Labute approximate surface area is 221 Å². The van der Waals surface area contributed by atoms with Crippen LogP contribution in [0.2, 0.25) is 0 Å². The minimum absolute atomic E-state index is 0.162. The van der Waals surface area contributed by atoms with Gasteiger partial charge in [0.2, 0.25) is 16.2 Å². The van der Waals surface area contributed by atoms with E-state index >= 15 is 0 Å². The van der Waals surface area contributed by atoms with Gasteiger partial charge in [0.15, 0.2) is 11.5 Å². The largest absolute Gasteiger partial charge is 0.464 e. The van der Waals surface area contributed by atoms with Crippen molar-refractivity contribution in [2.45, 2.75) is 11.3 Å². The van der Waals surface area contributed by atoms with E-state index in [1.54, 1.807) is 9.91 Å². The predicted octanol–water partition coefficient (Wildman–Crippen LogP) is 5.20. The topological polar surface area (TPSA) is 80.7 Å². The van der Waals surface area contributed by atoms with Crippen molar-refractivity contribution in [3.63, 3.8) is 0 Å². The average molecular weight is 532 g/mol. The van der Waals surface area contributed by atoms with E-state index in [-0.39, 0.29) is 17.7 Å². The van der Waals surface area contributed by atoms with Crippen molar-refractivity contribution in [3.8, 4) is 11.5 Å². The molecule has 1 spiro atoms. The Kier molecular flexibility index (Phi) is 5.85. The van der Waals surface area contributed by atoms with Crippen LogP contribution in [0.25, 0.3) is 6.08 Å². The minimum atomic E-state index is -1.13. The van der Waals surface area contributed by atoms with Crippen LogP contribution >= 0.6 is 23.5 Å². The highest BCUT2D eigenvalue weighted by molar-refractivity contribution is 8.29. The van der Waals surface area contributed by atoms with Gasteiger partial charge >= 0.3 is 5.97 Å². The zero-order chi connectivity index (χ0) is 25.6. The van der Waals surface area contributed by atoms with Crippen LogP contribution in [0.5, 0.6) is 11.5 Å². The summed E-state index contributed by atoms with van der Waals surface area (Å²) in [4.78, 5) is 28.9. The molecule has 3 aromatic carbocycles. The highest BCUT2D eigenvalue weighted by atomic mass is 32.2. The number of hydrogen-bond donors (Lipinski definition) is 0. The number of anilines is 2. The SMILES string of the molecule is COC(=O)C1=NN(c2cccc(C)c2)C2(S1)S/C(=C\c1ccc3c(c1)OCO3)C(=O)N2c1ccccc1. The number of nitrogens with zero attached hydrogens (tertiary/aromatic N) is 3. The van der Waals surface area contributed by atoms with Gasteiger partial charge in [-0.05, 0) is 72.3 Å². The maximum Gasteiger partial charge on any atom is 0.365 e. The van der Waals surface area contributed by atoms with Crippen LogP contribution in [-0.4, -0.2) is 35.1 Å². The zero-order valence-corrected chi connectivity index (χ0v) is 21.5. The number of ether oxygens (including phenoxy) is 3. The number of hydrogen-bond acceptors (Lipinski definition) is 9. The van der Waals surface area contributed by atoms with E-state index < -0.39 is 10.3 Å². The molecule has 3 aliphatic heterocycles. The third-order valence-electron chi connectivity index (χ3n) is 5.94. The van der Waals surface area contributed by atoms with E-state index in [4.69, 9.17) is 14.2 Å². The van der Waals surface area contributed by atoms with Gasteiger partial charge in [0.05, 0.1) is 17.7 Å². The molecule has 1 fully saturated rings. The van der Waals surface area contributed by atoms with Crippen LogP contribution in [0.3, 0.4) is 0 Å². The molecular weight excluding hydrogens is 510 g/mol. The Hall–Kier alpha value is -3.89. The Balaban J connectivity index is 1.50. The highest BCUT2D eigenvalue weighted by Gasteiger charge is 2.60. The summed E-state index contributed by atoms with van der Waals surface area (Å²) in [6, 6.07) is 22.7. The number of esters is 1. The Morgan fingerprint density at radius 2 is 1.78 bits per heavy atom. The van der Waals surface area contributed by atoms with Gasteiger partial charge in [0.25, 0.3) is 5.91 Å². The summed E-state index contributed by atoms with van der Waals surface area (Å²) >= 11 is 2.52. The molecule has 1 atom stereocenters. The molecule has 0 saturated carbocycles. The molecule has 186 valence electrons. The summed E-state index contributed by atoms with van der Waals surface area (Å²) in [5.74, 6) is 0.532. The lowest BCUT2D eigenvalue weighted by Crippen LogP contribution is -2.51. The molecule has 0 N–H and O–H groups in total. The van der Waals surface area contributed by atoms with Gasteiger partial charge in [-0.25, -0.2) is 9.80 Å². The molecular formula is C27H21N3O5S2. The van der Waals surface area contributed by atoms with Gasteiger partial charge in [-0.3, -0.25) is 9.69 Å². The van der Waals surface area contributed by atoms with Crippen molar-refractivity contribution >= 4 is 57.9 Å². The highest BCUT2D eigenvalue weighted by Crippen LogP contribution is 2.59. The fraction of sp³-hybridized carbons (Fsp3) is 0.148. The van der Waals surface area contributed by atoms with Crippen molar-refractivity contribution in [1.29, 1.82) is 0 Å². The molecule has 0 aliphatic carbocycles. The van der Waals surface area contributed by atoms with Crippen LogP contribution in [0.15, 0.2) is 82.8 Å². The first kappa shape index (κ1) is 23.5. The number of thioether (sulfide) groups is 2. The van der Waals surface area contributed by atoms with E-state index in [0.717, 1.165) is 16.8 Å². The van der Waals surface area contributed by atoms with Gasteiger partial charge in [-0.1, -0.05) is 48.2 Å². The minimum Gasteiger partial charge on any atom is -0.464 e. The normalized spacial score (nSPS) is 21.2. The number of benzene rings is 3. The Bertz CT molecular complexity index is 1480. The van der Waals surface area contributed by atoms with Crippen LogP contribution in [0, 0.1) is 6.92 Å². The molecule has 10 heteroatoms. The van der Waals surface area contributed by atoms with Crippen molar-refractivity contribution in [1.82, 2.24) is 0 Å². The molecule has 1 saturated heterocycles. The van der Waals surface area contributed by atoms with Crippen molar-refractivity contribution < 1.29 is 23.8 Å². The Morgan fingerprint density at radius 1 is 1.00 bits per heavy atom. The number of amides is 1. The quantitative estimate of drug-likeness (QED) is 0.336. The van der Waals surface area contributed by atoms with Gasteiger partial charge in [0, 0.05) is 5.69 Å². The fourth-order valence-electron chi connectivity index (χ4n) is 4.27. The average Bonchev–Trinajstić information content (AvgIpc) is 3.60. The number of carbonyl (C=O) groups excluding carboxylic acids is 2. The number of hydrazone groups is 1. The number of aryl methyl sites for hydroxylation is 1. The lowest BCUT2D eigenvalue weighted by molar-refractivity contribution is -0.132. The van der Waals surface area contributed by atoms with Gasteiger partial charge in [-0.2, -0.15) is 5.10 Å². The smallest absolute Gasteiger partial charge is 0.365 e. The lowest BCUT2D eigenvalue weighted by atomic mass is 10.2. The van der Waals surface area contributed by atoms with E-state index in [2.05, 4.69) is 5.10 Å². The van der Waals surface area contributed by atoms with Gasteiger partial charge < -0.3 is 14.2 Å². The fourth-order valence-corrected chi connectivity index (χ4v) is 7.17. The van der Waals surface area contributed by atoms with E-state index in [0.29, 0.717) is 22.1 Å². The van der Waals surface area contributed by atoms with Crippen LogP contribution in [0.4, 0.5) is 11.4 Å². The molecule has 8 nitrogen and oxygen atoms in total. The number of fused-ring (bicyclic) bond motifs is 1. The molecule has 0 bridgehead atoms. The van der Waals surface area contributed by atoms with Gasteiger partial charge in [-0.15, -0.1) is 0 Å². The first-order valence-corrected chi connectivity index (χ1v) is 13.0. The first-order chi connectivity index (χ1) is 18.0. The van der Waals surface area contributed by atoms with Crippen LogP contribution < -0.4 is 19.4 Å². The summed E-state index contributed by atoms with van der Waals surface area (Å²) in [5.41, 5.74) is 3.25. The zero-order valence-electron chi connectivity index (χ0n) is 19.9. The van der Waals surface area contributed by atoms with Gasteiger partial charge in [0.1, 0.15) is 0 Å². The van der Waals surface area contributed by atoms with Crippen LogP contribution in [-0.2, 0) is 14.3 Å². The molecule has 1 amide bonds. The maximum atomic E-state index is 14.1. The second kappa shape index (κ2) is 9.20. The molecule has 1 unspecified atom stereocenters. The number of para-hydroxylation sites is 1. The molecule has 3 aromatic rings. The summed E-state index contributed by atoms with van der Waals surface area (Å²) in [6.45, 7) is 2.15. The number of methoxy groups -OCH3 is 1.